The molecule has 1 atom stereocenters. The van der Waals surface area contributed by atoms with Gasteiger partial charge in [-0.15, -0.1) is 0 Å². The predicted octanol–water partition coefficient (Wildman–Crippen LogP) is 0.729. The number of amides is 1. The molecule has 17 heavy (non-hydrogen) atoms. The van der Waals surface area contributed by atoms with Crippen molar-refractivity contribution in [2.45, 2.75) is 51.1 Å². The monoisotopic (exact) mass is 239 g/mol. The van der Waals surface area contributed by atoms with Gasteiger partial charge in [0, 0.05) is 38.6 Å². The maximum absolute atomic E-state index is 11.2. The highest BCUT2D eigenvalue weighted by molar-refractivity contribution is 5.73. The highest BCUT2D eigenvalue weighted by Gasteiger charge is 2.21. The number of piperidine rings is 2. The Labute approximate surface area is 104 Å². The fourth-order valence-corrected chi connectivity index (χ4v) is 2.81. The lowest BCUT2D eigenvalue weighted by molar-refractivity contribution is -0.129. The summed E-state index contributed by atoms with van der Waals surface area (Å²) in [5.41, 5.74) is 0. The molecule has 2 fully saturated rings. The zero-order valence-electron chi connectivity index (χ0n) is 10.9. The minimum atomic E-state index is 0.220. The predicted molar refractivity (Wildman–Crippen MR) is 68.9 cm³/mol. The van der Waals surface area contributed by atoms with Crippen LogP contribution in [0, 0.1) is 0 Å². The molecule has 2 aliphatic rings. The van der Waals surface area contributed by atoms with Crippen LogP contribution in [0.2, 0.25) is 0 Å². The SMILES string of the molecule is CC(=O)N1CCC(NCC2CCCCN2)CC1. The average Bonchev–Trinajstić information content (AvgIpc) is 2.38. The number of carbonyl (C=O) groups is 1. The molecule has 2 aliphatic heterocycles. The van der Waals surface area contributed by atoms with Gasteiger partial charge in [-0.3, -0.25) is 4.79 Å². The normalized spacial score (nSPS) is 27.1. The first-order valence-corrected chi connectivity index (χ1v) is 6.98. The molecule has 2 saturated heterocycles. The lowest BCUT2D eigenvalue weighted by Gasteiger charge is -2.33. The molecule has 1 amide bonds. The van der Waals surface area contributed by atoms with E-state index < -0.39 is 0 Å². The van der Waals surface area contributed by atoms with Crippen molar-refractivity contribution in [3.8, 4) is 0 Å². The van der Waals surface area contributed by atoms with Gasteiger partial charge < -0.3 is 15.5 Å². The van der Waals surface area contributed by atoms with Gasteiger partial charge in [-0.2, -0.15) is 0 Å². The van der Waals surface area contributed by atoms with E-state index in [1.165, 1.54) is 25.8 Å². The van der Waals surface area contributed by atoms with Gasteiger partial charge >= 0.3 is 0 Å². The topological polar surface area (TPSA) is 44.4 Å². The largest absolute Gasteiger partial charge is 0.343 e. The van der Waals surface area contributed by atoms with E-state index in [1.54, 1.807) is 6.92 Å². The molecule has 0 bridgehead atoms. The van der Waals surface area contributed by atoms with E-state index in [0.29, 0.717) is 12.1 Å². The van der Waals surface area contributed by atoms with Crippen LogP contribution < -0.4 is 10.6 Å². The van der Waals surface area contributed by atoms with Crippen LogP contribution in [0.25, 0.3) is 0 Å². The van der Waals surface area contributed by atoms with Gasteiger partial charge in [0.25, 0.3) is 0 Å². The van der Waals surface area contributed by atoms with E-state index in [4.69, 9.17) is 0 Å². The third-order valence-electron chi connectivity index (χ3n) is 4.01. The highest BCUT2D eigenvalue weighted by Crippen LogP contribution is 2.11. The van der Waals surface area contributed by atoms with Crippen LogP contribution in [0.5, 0.6) is 0 Å². The number of hydrogen-bond donors (Lipinski definition) is 2. The number of hydrogen-bond acceptors (Lipinski definition) is 3. The van der Waals surface area contributed by atoms with Crippen LogP contribution in [0.1, 0.15) is 39.0 Å². The van der Waals surface area contributed by atoms with Gasteiger partial charge in [0.15, 0.2) is 0 Å². The van der Waals surface area contributed by atoms with Crippen LogP contribution in [-0.2, 0) is 4.79 Å². The smallest absolute Gasteiger partial charge is 0.219 e. The number of nitrogens with one attached hydrogen (secondary N) is 2. The number of carbonyl (C=O) groups excluding carboxylic acids is 1. The maximum Gasteiger partial charge on any atom is 0.219 e. The Balaban J connectivity index is 1.62. The molecule has 4 heteroatoms. The quantitative estimate of drug-likeness (QED) is 0.763. The zero-order valence-corrected chi connectivity index (χ0v) is 10.9. The molecule has 1 unspecified atom stereocenters. The van der Waals surface area contributed by atoms with E-state index in [9.17, 15) is 4.79 Å². The summed E-state index contributed by atoms with van der Waals surface area (Å²) in [5.74, 6) is 0.220. The Morgan fingerprint density at radius 3 is 2.65 bits per heavy atom. The Kier molecular flexibility index (Phi) is 4.80. The number of nitrogens with zero attached hydrogens (tertiary/aromatic N) is 1. The van der Waals surface area contributed by atoms with E-state index in [0.717, 1.165) is 32.5 Å². The molecular formula is C13H25N3O. The summed E-state index contributed by atoms with van der Waals surface area (Å²) in [4.78, 5) is 13.2. The molecule has 0 spiro atoms. The van der Waals surface area contributed by atoms with Gasteiger partial charge in [-0.1, -0.05) is 6.42 Å². The van der Waals surface area contributed by atoms with Crippen LogP contribution in [-0.4, -0.2) is 49.1 Å². The Morgan fingerprint density at radius 1 is 1.29 bits per heavy atom. The molecule has 0 radical (unpaired) electrons. The summed E-state index contributed by atoms with van der Waals surface area (Å²) in [7, 11) is 0. The fraction of sp³-hybridized carbons (Fsp3) is 0.923. The first-order chi connectivity index (χ1) is 8.25. The van der Waals surface area contributed by atoms with Gasteiger partial charge in [0.05, 0.1) is 0 Å². The van der Waals surface area contributed by atoms with Crippen LogP contribution in [0.15, 0.2) is 0 Å². The van der Waals surface area contributed by atoms with Crippen molar-refractivity contribution in [2.75, 3.05) is 26.2 Å². The van der Waals surface area contributed by atoms with E-state index in [2.05, 4.69) is 10.6 Å². The molecule has 0 aromatic heterocycles. The van der Waals surface area contributed by atoms with Crippen molar-refractivity contribution in [1.82, 2.24) is 15.5 Å². The van der Waals surface area contributed by atoms with E-state index in [1.807, 2.05) is 4.90 Å². The van der Waals surface area contributed by atoms with Crippen molar-refractivity contribution in [3.63, 3.8) is 0 Å². The van der Waals surface area contributed by atoms with Crippen molar-refractivity contribution in [3.05, 3.63) is 0 Å². The second kappa shape index (κ2) is 6.36. The molecule has 0 aromatic rings. The van der Waals surface area contributed by atoms with E-state index in [-0.39, 0.29) is 5.91 Å². The lowest BCUT2D eigenvalue weighted by Crippen LogP contribution is -2.49. The standard InChI is InChI=1S/C13H25N3O/c1-11(17)16-8-5-12(6-9-16)15-10-13-4-2-3-7-14-13/h12-15H,2-10H2,1H3. The molecule has 4 nitrogen and oxygen atoms in total. The Morgan fingerprint density at radius 2 is 2.06 bits per heavy atom. The van der Waals surface area contributed by atoms with Gasteiger partial charge in [-0.25, -0.2) is 0 Å². The molecule has 98 valence electrons. The average molecular weight is 239 g/mol. The second-order valence-corrected chi connectivity index (χ2v) is 5.34. The van der Waals surface area contributed by atoms with Gasteiger partial charge in [0.1, 0.15) is 0 Å². The summed E-state index contributed by atoms with van der Waals surface area (Å²) in [6.45, 7) is 5.77. The molecule has 0 saturated carbocycles. The van der Waals surface area contributed by atoms with Crippen molar-refractivity contribution < 1.29 is 4.79 Å². The second-order valence-electron chi connectivity index (χ2n) is 5.34. The fourth-order valence-electron chi connectivity index (χ4n) is 2.81. The van der Waals surface area contributed by atoms with Crippen LogP contribution in [0.3, 0.4) is 0 Å². The van der Waals surface area contributed by atoms with E-state index >= 15 is 0 Å². The molecule has 2 rings (SSSR count). The summed E-state index contributed by atoms with van der Waals surface area (Å²) < 4.78 is 0. The Bertz CT molecular complexity index is 243. The third kappa shape index (κ3) is 3.96. The minimum absolute atomic E-state index is 0.220. The lowest BCUT2D eigenvalue weighted by atomic mass is 10.0. The zero-order chi connectivity index (χ0) is 12.1. The molecule has 2 N–H and O–H groups in total. The van der Waals surface area contributed by atoms with Gasteiger partial charge in [0.2, 0.25) is 5.91 Å². The summed E-state index contributed by atoms with van der Waals surface area (Å²) >= 11 is 0. The molecular weight excluding hydrogens is 214 g/mol. The van der Waals surface area contributed by atoms with Crippen molar-refractivity contribution >= 4 is 5.91 Å². The maximum atomic E-state index is 11.2. The summed E-state index contributed by atoms with van der Waals surface area (Å²) in [6.07, 6.45) is 6.20. The summed E-state index contributed by atoms with van der Waals surface area (Å²) in [5, 5.41) is 7.21. The Hall–Kier alpha value is -0.610. The first kappa shape index (κ1) is 12.8. The van der Waals surface area contributed by atoms with Crippen molar-refractivity contribution in [1.29, 1.82) is 0 Å². The van der Waals surface area contributed by atoms with Crippen LogP contribution in [0.4, 0.5) is 0 Å². The number of likely N-dealkylation sites (tertiary alicyclic amines) is 1. The molecule has 0 aromatic carbocycles. The number of rotatable bonds is 3. The van der Waals surface area contributed by atoms with Crippen molar-refractivity contribution in [2.24, 2.45) is 0 Å². The molecule has 0 aliphatic carbocycles. The first-order valence-electron chi connectivity index (χ1n) is 6.98. The molecule has 2 heterocycles. The minimum Gasteiger partial charge on any atom is -0.343 e. The van der Waals surface area contributed by atoms with Gasteiger partial charge in [-0.05, 0) is 32.2 Å². The van der Waals surface area contributed by atoms with Crippen LogP contribution >= 0.6 is 0 Å². The highest BCUT2D eigenvalue weighted by atomic mass is 16.2. The summed E-state index contributed by atoms with van der Waals surface area (Å²) in [6, 6.07) is 1.27. The third-order valence-corrected chi connectivity index (χ3v) is 4.01.